The van der Waals surface area contributed by atoms with Crippen LogP contribution in [0.2, 0.25) is 0 Å². The number of aromatic nitrogens is 1. The van der Waals surface area contributed by atoms with E-state index >= 15 is 0 Å². The Kier molecular flexibility index (Phi) is 4.37. The molecule has 0 spiro atoms. The summed E-state index contributed by atoms with van der Waals surface area (Å²) in [6, 6.07) is 18.2. The molecule has 0 atom stereocenters. The summed E-state index contributed by atoms with van der Waals surface area (Å²) in [4.78, 5) is 4.50. The highest BCUT2D eigenvalue weighted by Crippen LogP contribution is 2.38. The molecule has 0 aliphatic carbocycles. The minimum atomic E-state index is 0.254. The molecule has 2 N–H and O–H groups in total. The van der Waals surface area contributed by atoms with Crippen molar-refractivity contribution in [1.82, 2.24) is 4.98 Å². The average molecular weight is 378 g/mol. The van der Waals surface area contributed by atoms with Crippen LogP contribution >= 0.6 is 15.9 Å². The molecule has 4 heteroatoms. The number of aryl methyl sites for hydroxylation is 1. The van der Waals surface area contributed by atoms with Crippen molar-refractivity contribution >= 4 is 21.7 Å². The molecule has 0 bridgehead atoms. The van der Waals surface area contributed by atoms with E-state index in [4.69, 9.17) is 5.73 Å². The van der Waals surface area contributed by atoms with Gasteiger partial charge in [-0.15, -0.1) is 0 Å². The zero-order valence-corrected chi connectivity index (χ0v) is 15.1. The van der Waals surface area contributed by atoms with Crippen LogP contribution in [0.4, 0.5) is 5.82 Å². The van der Waals surface area contributed by atoms with Gasteiger partial charge in [0.1, 0.15) is 17.5 Å². The molecule has 0 aliphatic rings. The van der Waals surface area contributed by atoms with Gasteiger partial charge in [0.15, 0.2) is 0 Å². The summed E-state index contributed by atoms with van der Waals surface area (Å²) in [5.41, 5.74) is 12.2. The largest absolute Gasteiger partial charge is 0.383 e. The van der Waals surface area contributed by atoms with Crippen LogP contribution in [0.5, 0.6) is 0 Å². The van der Waals surface area contributed by atoms with E-state index in [0.717, 1.165) is 32.4 Å². The highest BCUT2D eigenvalue weighted by molar-refractivity contribution is 9.10. The molecule has 118 valence electrons. The van der Waals surface area contributed by atoms with Gasteiger partial charge in [0.25, 0.3) is 0 Å². The van der Waals surface area contributed by atoms with Crippen molar-refractivity contribution in [2.45, 2.75) is 13.8 Å². The Morgan fingerprint density at radius 3 is 2.33 bits per heavy atom. The second-order valence-corrected chi connectivity index (χ2v) is 6.53. The number of nitrogen functional groups attached to an aromatic ring is 1. The normalized spacial score (nSPS) is 10.4. The molecule has 1 aromatic heterocycles. The number of hydrogen-bond donors (Lipinski definition) is 1. The Morgan fingerprint density at radius 2 is 1.71 bits per heavy atom. The number of rotatable bonds is 2. The van der Waals surface area contributed by atoms with Crippen LogP contribution in [0, 0.1) is 25.2 Å². The van der Waals surface area contributed by atoms with E-state index in [1.165, 1.54) is 5.56 Å². The van der Waals surface area contributed by atoms with E-state index in [1.807, 2.05) is 62.4 Å². The Labute approximate surface area is 149 Å². The summed E-state index contributed by atoms with van der Waals surface area (Å²) < 4.78 is 0.921. The third kappa shape index (κ3) is 2.79. The lowest BCUT2D eigenvalue weighted by molar-refractivity contribution is 1.25. The average Bonchev–Trinajstić information content (AvgIpc) is 2.58. The van der Waals surface area contributed by atoms with Gasteiger partial charge in [0.2, 0.25) is 0 Å². The van der Waals surface area contributed by atoms with Gasteiger partial charge in [0.05, 0.1) is 5.69 Å². The molecule has 3 rings (SSSR count). The minimum absolute atomic E-state index is 0.254. The maximum Gasteiger partial charge on any atom is 0.142 e. The molecule has 3 nitrogen and oxygen atoms in total. The number of benzene rings is 2. The van der Waals surface area contributed by atoms with Crippen molar-refractivity contribution in [2.75, 3.05) is 5.73 Å². The smallest absolute Gasteiger partial charge is 0.142 e. The third-order valence-electron chi connectivity index (χ3n) is 4.05. The van der Waals surface area contributed by atoms with Crippen molar-refractivity contribution in [3.63, 3.8) is 0 Å². The van der Waals surface area contributed by atoms with E-state index in [1.54, 1.807) is 0 Å². The number of nitrogens with two attached hydrogens (primary N) is 1. The first-order valence-corrected chi connectivity index (χ1v) is 8.34. The van der Waals surface area contributed by atoms with Gasteiger partial charge < -0.3 is 5.73 Å². The fourth-order valence-electron chi connectivity index (χ4n) is 2.80. The third-order valence-corrected chi connectivity index (χ3v) is 4.74. The monoisotopic (exact) mass is 377 g/mol. The molecule has 0 unspecified atom stereocenters. The van der Waals surface area contributed by atoms with E-state index in [9.17, 15) is 5.26 Å². The molecular formula is C20H16BrN3. The quantitative estimate of drug-likeness (QED) is 0.663. The van der Waals surface area contributed by atoms with Crippen molar-refractivity contribution in [1.29, 1.82) is 5.26 Å². The van der Waals surface area contributed by atoms with Crippen LogP contribution < -0.4 is 5.73 Å². The first-order chi connectivity index (χ1) is 11.5. The Morgan fingerprint density at radius 1 is 1.04 bits per heavy atom. The number of anilines is 1. The molecule has 3 aromatic rings. The topological polar surface area (TPSA) is 62.7 Å². The molecular weight excluding hydrogens is 362 g/mol. The lowest BCUT2D eigenvalue weighted by Crippen LogP contribution is -2.03. The lowest BCUT2D eigenvalue weighted by Gasteiger charge is -2.16. The maximum absolute atomic E-state index is 9.59. The molecule has 24 heavy (non-hydrogen) atoms. The molecule has 1 heterocycles. The Bertz CT molecular complexity index is 954. The highest BCUT2D eigenvalue weighted by atomic mass is 79.9. The molecule has 0 aliphatic heterocycles. The number of hydrogen-bond acceptors (Lipinski definition) is 3. The fraction of sp³-hybridized carbons (Fsp3) is 0.100. The second kappa shape index (κ2) is 6.46. The van der Waals surface area contributed by atoms with Crippen LogP contribution in [0.3, 0.4) is 0 Å². The van der Waals surface area contributed by atoms with E-state index < -0.39 is 0 Å². The van der Waals surface area contributed by atoms with Crippen molar-refractivity contribution in [3.8, 4) is 28.5 Å². The predicted molar refractivity (Wildman–Crippen MR) is 101 cm³/mol. The van der Waals surface area contributed by atoms with Crippen LogP contribution in [-0.2, 0) is 0 Å². The SMILES string of the molecule is Cc1ccc(-c2nc(N)c(C#N)c(-c3ccccc3Br)c2C)cc1. The van der Waals surface area contributed by atoms with Crippen molar-refractivity contribution in [2.24, 2.45) is 0 Å². The van der Waals surface area contributed by atoms with Gasteiger partial charge in [0, 0.05) is 15.6 Å². The Hall–Kier alpha value is -2.64. The van der Waals surface area contributed by atoms with E-state index in [2.05, 4.69) is 27.0 Å². The van der Waals surface area contributed by atoms with Crippen LogP contribution in [-0.4, -0.2) is 4.98 Å². The van der Waals surface area contributed by atoms with Gasteiger partial charge in [-0.1, -0.05) is 64.0 Å². The van der Waals surface area contributed by atoms with E-state index in [0.29, 0.717) is 5.56 Å². The summed E-state index contributed by atoms with van der Waals surface area (Å²) >= 11 is 3.57. The summed E-state index contributed by atoms with van der Waals surface area (Å²) in [6.07, 6.45) is 0. The molecule has 0 saturated carbocycles. The summed E-state index contributed by atoms with van der Waals surface area (Å²) in [6.45, 7) is 4.03. The standard InChI is InChI=1S/C20H16BrN3/c1-12-7-9-14(10-8-12)19-13(2)18(16(11-22)20(23)24-19)15-5-3-4-6-17(15)21/h3-10H,1-2H3,(H2,23,24). The van der Waals surface area contributed by atoms with Crippen LogP contribution in [0.25, 0.3) is 22.4 Å². The molecule has 2 aromatic carbocycles. The lowest BCUT2D eigenvalue weighted by atomic mass is 9.92. The van der Waals surface area contributed by atoms with Gasteiger partial charge >= 0.3 is 0 Å². The molecule has 0 saturated heterocycles. The second-order valence-electron chi connectivity index (χ2n) is 5.68. The van der Waals surface area contributed by atoms with Gasteiger partial charge in [-0.25, -0.2) is 4.98 Å². The van der Waals surface area contributed by atoms with Gasteiger partial charge in [-0.2, -0.15) is 5.26 Å². The first-order valence-electron chi connectivity index (χ1n) is 7.55. The maximum atomic E-state index is 9.59. The van der Waals surface area contributed by atoms with Crippen molar-refractivity contribution in [3.05, 3.63) is 69.7 Å². The van der Waals surface area contributed by atoms with Crippen molar-refractivity contribution < 1.29 is 0 Å². The summed E-state index contributed by atoms with van der Waals surface area (Å²) in [5.74, 6) is 0.254. The number of nitriles is 1. The van der Waals surface area contributed by atoms with Gasteiger partial charge in [-0.3, -0.25) is 0 Å². The van der Waals surface area contributed by atoms with E-state index in [-0.39, 0.29) is 5.82 Å². The zero-order valence-electron chi connectivity index (χ0n) is 13.5. The van der Waals surface area contributed by atoms with Crippen LogP contribution in [0.1, 0.15) is 16.7 Å². The Balaban J connectivity index is 2.34. The summed E-state index contributed by atoms with van der Waals surface area (Å²) in [7, 11) is 0. The number of pyridine rings is 1. The molecule has 0 fully saturated rings. The highest BCUT2D eigenvalue weighted by Gasteiger charge is 2.19. The molecule has 0 amide bonds. The summed E-state index contributed by atoms with van der Waals surface area (Å²) in [5, 5.41) is 9.59. The zero-order chi connectivity index (χ0) is 17.3. The predicted octanol–water partition coefficient (Wildman–Crippen LogP) is 5.25. The number of nitrogens with zero attached hydrogens (tertiary/aromatic N) is 2. The number of halogens is 1. The molecule has 0 radical (unpaired) electrons. The minimum Gasteiger partial charge on any atom is -0.383 e. The fourth-order valence-corrected chi connectivity index (χ4v) is 3.28. The first kappa shape index (κ1) is 16.2. The van der Waals surface area contributed by atoms with Gasteiger partial charge in [-0.05, 0) is 31.0 Å². The van der Waals surface area contributed by atoms with Crippen LogP contribution in [0.15, 0.2) is 53.0 Å².